The van der Waals surface area contributed by atoms with Gasteiger partial charge in [0.2, 0.25) is 23.6 Å². The third-order valence-electron chi connectivity index (χ3n) is 8.70. The fourth-order valence-electron chi connectivity index (χ4n) is 5.44. The summed E-state index contributed by atoms with van der Waals surface area (Å²) < 4.78 is 13.9. The zero-order valence-electron chi connectivity index (χ0n) is 34.1. The van der Waals surface area contributed by atoms with Gasteiger partial charge < -0.3 is 62.5 Å². The molecular weight excluding hydrogens is 877 g/mol. The summed E-state index contributed by atoms with van der Waals surface area (Å²) in [5.74, 6) is -15.1. The minimum atomic E-state index is -1.85. The molecule has 0 radical (unpaired) electrons. The van der Waals surface area contributed by atoms with E-state index >= 15 is 0 Å². The number of aliphatic carboxylic acids is 6. The number of aromatic nitrogens is 3. The van der Waals surface area contributed by atoms with Gasteiger partial charge in [-0.2, -0.15) is 0 Å². The lowest BCUT2D eigenvalue weighted by molar-refractivity contribution is -0.145. The predicted molar refractivity (Wildman–Crippen MR) is 211 cm³/mol. The van der Waals surface area contributed by atoms with Gasteiger partial charge in [-0.1, -0.05) is 5.21 Å². The highest BCUT2D eigenvalue weighted by atomic mass is 19.1. The molecule has 1 heterocycles. The summed E-state index contributed by atoms with van der Waals surface area (Å²) >= 11 is 0. The van der Waals surface area contributed by atoms with Crippen LogP contribution in [0.1, 0.15) is 84.2 Å². The van der Waals surface area contributed by atoms with Crippen LogP contribution in [-0.2, 0) is 54.4 Å². The summed E-state index contributed by atoms with van der Waals surface area (Å²) in [5.41, 5.74) is 0.0507. The third-order valence-corrected chi connectivity index (χ3v) is 8.70. The van der Waals surface area contributed by atoms with E-state index in [1.165, 1.54) is 23.0 Å². The summed E-state index contributed by atoms with van der Waals surface area (Å²) in [6.45, 7) is -1.50. The number of hydrogen-bond acceptors (Lipinski definition) is 14. The topological polar surface area (TPSA) is 429 Å². The Bertz CT molecular complexity index is 2010. The van der Waals surface area contributed by atoms with Crippen molar-refractivity contribution in [1.29, 1.82) is 0 Å². The first-order valence-electron chi connectivity index (χ1n) is 19.3. The highest BCUT2D eigenvalue weighted by molar-refractivity contribution is 6.01. The highest BCUT2D eigenvalue weighted by Crippen LogP contribution is 2.16. The van der Waals surface area contributed by atoms with Crippen molar-refractivity contribution in [3.8, 4) is 5.69 Å². The van der Waals surface area contributed by atoms with Crippen LogP contribution in [0.2, 0.25) is 0 Å². The van der Waals surface area contributed by atoms with Gasteiger partial charge in [-0.25, -0.2) is 23.9 Å². The quantitative estimate of drug-likeness (QED) is 0.0376. The van der Waals surface area contributed by atoms with Crippen molar-refractivity contribution in [3.05, 3.63) is 41.2 Å². The van der Waals surface area contributed by atoms with Crippen molar-refractivity contribution in [2.75, 3.05) is 19.8 Å². The Balaban J connectivity index is 2.12. The van der Waals surface area contributed by atoms with Crippen LogP contribution in [0.4, 0.5) is 4.39 Å². The molecule has 0 aliphatic heterocycles. The van der Waals surface area contributed by atoms with Gasteiger partial charge in [0, 0.05) is 49.9 Å². The Hall–Kier alpha value is -8.07. The number of aryl methyl sites for hydroxylation is 1. The van der Waals surface area contributed by atoms with E-state index in [2.05, 4.69) is 31.6 Å². The number of carboxylic acids is 6. The number of carbonyl (C=O) groups excluding carboxylic acids is 6. The SMILES string of the molecule is O=C(O)CCC(NC(=O)C[C@@H](NC(=O)CCNC(=O)c1cc(C(=O)NCCC(=O)NC(CC(=O)N[C@@H](CCC(=O)O)C(=O)O)C(=O)O)cc(-n2cc(CCCF)nn2)c1)C(=O)O)C(=O)O. The standard InChI is InChI=1S/C37H46FN9O18/c38-9-1-2-20-17-47(46-45-20)21-13-18(32(56)39-10-7-26(48)43-24(36(62)63)15-28(50)41-22(34(58)59)3-5-30(52)53)12-19(14-21)33(57)40-11-8-27(49)44-25(37(64)65)16-29(51)42-23(35(60)61)4-6-31(54)55/h12-14,17,22-25H,1-11,15-16H2,(H,39,56)(H,40,57)(H,41,50)(H,42,51)(H,43,48)(H,44,49)(H,52,53)(H,54,55)(H,58,59)(H,60,61)(H,62,63)(H,64,65)/t22-,23?,24?,25+/m0/s1. The number of halogens is 1. The monoisotopic (exact) mass is 923 g/mol. The minimum absolute atomic E-state index is 0.0867. The second-order valence-corrected chi connectivity index (χ2v) is 13.8. The van der Waals surface area contributed by atoms with E-state index < -0.39 is 167 Å². The minimum Gasteiger partial charge on any atom is -0.481 e. The van der Waals surface area contributed by atoms with Crippen molar-refractivity contribution < 1.29 is 92.6 Å². The molecule has 6 amide bonds. The molecule has 2 unspecified atom stereocenters. The lowest BCUT2D eigenvalue weighted by Gasteiger charge is -2.17. The van der Waals surface area contributed by atoms with Gasteiger partial charge in [-0.15, -0.1) is 5.10 Å². The number of rotatable bonds is 30. The molecule has 12 N–H and O–H groups in total. The summed E-state index contributed by atoms with van der Waals surface area (Å²) in [6, 6.07) is -3.37. The second-order valence-electron chi connectivity index (χ2n) is 13.8. The van der Waals surface area contributed by atoms with Gasteiger partial charge in [0.1, 0.15) is 24.2 Å². The van der Waals surface area contributed by atoms with Crippen molar-refractivity contribution in [3.63, 3.8) is 0 Å². The van der Waals surface area contributed by atoms with Crippen LogP contribution < -0.4 is 31.9 Å². The Morgan fingerprint density at radius 1 is 0.554 bits per heavy atom. The van der Waals surface area contributed by atoms with Crippen LogP contribution in [0.25, 0.3) is 5.69 Å². The molecule has 0 bridgehead atoms. The van der Waals surface area contributed by atoms with Gasteiger partial charge in [0.15, 0.2) is 0 Å². The van der Waals surface area contributed by atoms with Gasteiger partial charge >= 0.3 is 35.8 Å². The maximum atomic E-state index is 13.3. The maximum Gasteiger partial charge on any atom is 0.326 e. The number of carboxylic acid groups (broad SMARTS) is 6. The smallest absolute Gasteiger partial charge is 0.326 e. The number of nitrogens with one attached hydrogen (secondary N) is 6. The maximum absolute atomic E-state index is 13.3. The molecule has 28 heteroatoms. The molecule has 354 valence electrons. The average Bonchev–Trinajstić information content (AvgIpc) is 3.71. The molecule has 0 aliphatic rings. The van der Waals surface area contributed by atoms with E-state index in [0.29, 0.717) is 5.69 Å². The lowest BCUT2D eigenvalue weighted by atomic mass is 10.1. The lowest BCUT2D eigenvalue weighted by Crippen LogP contribution is -2.47. The fourth-order valence-corrected chi connectivity index (χ4v) is 5.44. The van der Waals surface area contributed by atoms with Crippen molar-refractivity contribution >= 4 is 71.3 Å². The predicted octanol–water partition coefficient (Wildman–Crippen LogP) is -2.80. The van der Waals surface area contributed by atoms with Crippen molar-refractivity contribution in [2.45, 2.75) is 88.4 Å². The van der Waals surface area contributed by atoms with Crippen LogP contribution in [0.3, 0.4) is 0 Å². The van der Waals surface area contributed by atoms with Gasteiger partial charge in [-0.3, -0.25) is 42.7 Å². The number of amides is 6. The summed E-state index contributed by atoms with van der Waals surface area (Å²) in [6.07, 6.45) is -3.47. The Morgan fingerprint density at radius 2 is 0.954 bits per heavy atom. The first kappa shape index (κ1) is 53.1. The molecule has 27 nitrogen and oxygen atoms in total. The number of nitrogens with zero attached hydrogens (tertiary/aromatic N) is 3. The van der Waals surface area contributed by atoms with Crippen LogP contribution in [0.5, 0.6) is 0 Å². The summed E-state index contributed by atoms with van der Waals surface area (Å²) in [7, 11) is 0. The number of hydrogen-bond donors (Lipinski definition) is 12. The zero-order valence-corrected chi connectivity index (χ0v) is 34.1. The normalized spacial score (nSPS) is 12.5. The van der Waals surface area contributed by atoms with E-state index in [4.69, 9.17) is 10.2 Å². The van der Waals surface area contributed by atoms with E-state index in [9.17, 15) is 82.4 Å². The van der Waals surface area contributed by atoms with Crippen LogP contribution >= 0.6 is 0 Å². The molecule has 0 saturated carbocycles. The van der Waals surface area contributed by atoms with Crippen LogP contribution in [-0.4, -0.2) is 161 Å². The molecule has 1 aromatic carbocycles. The molecule has 0 fully saturated rings. The largest absolute Gasteiger partial charge is 0.481 e. The molecule has 1 aromatic heterocycles. The fraction of sp³-hybridized carbons (Fsp3) is 0.459. The van der Waals surface area contributed by atoms with E-state index in [1.54, 1.807) is 0 Å². The molecule has 0 saturated heterocycles. The number of carbonyl (C=O) groups is 12. The summed E-state index contributed by atoms with van der Waals surface area (Å²) in [5, 5.41) is 75.8. The van der Waals surface area contributed by atoms with E-state index in [-0.39, 0.29) is 29.7 Å². The van der Waals surface area contributed by atoms with Crippen molar-refractivity contribution in [1.82, 2.24) is 46.9 Å². The molecule has 0 spiro atoms. The molecule has 2 rings (SSSR count). The van der Waals surface area contributed by atoms with Crippen molar-refractivity contribution in [2.24, 2.45) is 0 Å². The molecule has 2 aromatic rings. The first-order chi connectivity index (χ1) is 30.6. The van der Waals surface area contributed by atoms with Gasteiger partial charge in [0.05, 0.1) is 37.1 Å². The average molecular weight is 924 g/mol. The highest BCUT2D eigenvalue weighted by Gasteiger charge is 2.29. The van der Waals surface area contributed by atoms with Crippen LogP contribution in [0.15, 0.2) is 24.4 Å². The molecule has 65 heavy (non-hydrogen) atoms. The second kappa shape index (κ2) is 26.4. The Labute approximate surface area is 365 Å². The number of benzene rings is 1. The summed E-state index contributed by atoms with van der Waals surface area (Å²) in [4.78, 5) is 144. The van der Waals surface area contributed by atoms with Crippen LogP contribution in [0, 0.1) is 0 Å². The molecular formula is C37H46FN9O18. The van der Waals surface area contributed by atoms with E-state index in [1.807, 2.05) is 10.6 Å². The number of alkyl halides is 1. The first-order valence-corrected chi connectivity index (χ1v) is 19.3. The molecule has 0 aliphatic carbocycles. The zero-order chi connectivity index (χ0) is 48.8. The van der Waals surface area contributed by atoms with Gasteiger partial charge in [-0.05, 0) is 43.9 Å². The molecule has 4 atom stereocenters. The van der Waals surface area contributed by atoms with Gasteiger partial charge in [0.25, 0.3) is 11.8 Å². The van der Waals surface area contributed by atoms with E-state index in [0.717, 1.165) is 6.07 Å². The Kier molecular flexibility index (Phi) is 21.6. The Morgan fingerprint density at radius 3 is 1.32 bits per heavy atom. The third kappa shape index (κ3) is 19.7.